The minimum absolute atomic E-state index is 0.282. The maximum atomic E-state index is 4.87. The van der Waals surface area contributed by atoms with Crippen LogP contribution in [0.25, 0.3) is 0 Å². The molecule has 0 aromatic rings. The highest BCUT2D eigenvalue weighted by molar-refractivity contribution is 5.94. The normalized spacial score (nSPS) is 37.3. The molecule has 0 bridgehead atoms. The molecular weight excluding hydrogens is 80.0 g/mol. The quantitative estimate of drug-likeness (QED) is 0.421. The zero-order valence-electron chi connectivity index (χ0n) is 3.14. The standard InChI is InChI=1S/C3H4N2O/c1-4-2-3(5-2)6-1/h2,4H,1H2. The summed E-state index contributed by atoms with van der Waals surface area (Å²) < 4.78 is 4.87. The number of nitrogens with zero attached hydrogens (tertiary/aromatic N) is 1. The van der Waals surface area contributed by atoms with Crippen molar-refractivity contribution >= 4 is 5.90 Å². The first-order valence-corrected chi connectivity index (χ1v) is 1.91. The van der Waals surface area contributed by atoms with Crippen LogP contribution in [0.1, 0.15) is 0 Å². The van der Waals surface area contributed by atoms with E-state index < -0.39 is 0 Å². The van der Waals surface area contributed by atoms with Crippen molar-refractivity contribution in [3.05, 3.63) is 0 Å². The minimum atomic E-state index is 0.282. The molecular formula is C3H4N2O. The van der Waals surface area contributed by atoms with E-state index in [0.29, 0.717) is 6.73 Å². The van der Waals surface area contributed by atoms with E-state index in [1.807, 2.05) is 0 Å². The highest BCUT2D eigenvalue weighted by atomic mass is 16.5. The molecule has 0 aliphatic carbocycles. The Morgan fingerprint density at radius 3 is 3.17 bits per heavy atom. The Morgan fingerprint density at radius 1 is 2.00 bits per heavy atom. The average molecular weight is 84.1 g/mol. The lowest BCUT2D eigenvalue weighted by atomic mass is 10.7. The van der Waals surface area contributed by atoms with Gasteiger partial charge in [-0.15, -0.1) is 0 Å². The first-order valence-electron chi connectivity index (χ1n) is 1.91. The van der Waals surface area contributed by atoms with Gasteiger partial charge in [-0.25, -0.2) is 4.99 Å². The van der Waals surface area contributed by atoms with Gasteiger partial charge in [-0.05, 0) is 0 Å². The monoisotopic (exact) mass is 84.0 g/mol. The van der Waals surface area contributed by atoms with Gasteiger partial charge in [-0.1, -0.05) is 0 Å². The Morgan fingerprint density at radius 2 is 3.00 bits per heavy atom. The summed E-state index contributed by atoms with van der Waals surface area (Å²) in [5.41, 5.74) is 0. The van der Waals surface area contributed by atoms with Gasteiger partial charge < -0.3 is 4.74 Å². The summed E-state index contributed by atoms with van der Waals surface area (Å²) >= 11 is 0. The molecule has 0 spiro atoms. The first-order chi connectivity index (χ1) is 2.97. The Labute approximate surface area is 35.0 Å². The van der Waals surface area contributed by atoms with Gasteiger partial charge in [-0.3, -0.25) is 5.32 Å². The lowest BCUT2D eigenvalue weighted by molar-refractivity contribution is 0.318. The van der Waals surface area contributed by atoms with Gasteiger partial charge in [0.1, 0.15) is 6.73 Å². The van der Waals surface area contributed by atoms with Crippen LogP contribution >= 0.6 is 0 Å². The molecule has 0 saturated carbocycles. The van der Waals surface area contributed by atoms with Crippen LogP contribution in [0.15, 0.2) is 4.99 Å². The fraction of sp³-hybridized carbons (Fsp3) is 0.667. The number of fused-ring (bicyclic) bond motifs is 1. The van der Waals surface area contributed by atoms with Crippen LogP contribution in [0.2, 0.25) is 0 Å². The lowest BCUT2D eigenvalue weighted by Crippen LogP contribution is -2.11. The number of aliphatic imine (C=N–C) groups is 1. The van der Waals surface area contributed by atoms with E-state index in [9.17, 15) is 0 Å². The summed E-state index contributed by atoms with van der Waals surface area (Å²) in [4.78, 5) is 3.84. The molecule has 1 N–H and O–H groups in total. The third-order valence-electron chi connectivity index (χ3n) is 0.919. The van der Waals surface area contributed by atoms with Gasteiger partial charge in [-0.2, -0.15) is 0 Å². The molecule has 6 heavy (non-hydrogen) atoms. The van der Waals surface area contributed by atoms with E-state index in [0.717, 1.165) is 5.90 Å². The molecule has 0 aromatic carbocycles. The average Bonchev–Trinajstić information content (AvgIpc) is 2.17. The molecule has 0 amide bonds. The van der Waals surface area contributed by atoms with Crippen molar-refractivity contribution in [3.8, 4) is 0 Å². The predicted octanol–water partition coefficient (Wildman–Crippen LogP) is -0.698. The molecule has 1 fully saturated rings. The number of hydrogen-bond donors (Lipinski definition) is 1. The highest BCUT2D eigenvalue weighted by Gasteiger charge is 2.34. The summed E-state index contributed by atoms with van der Waals surface area (Å²) in [5, 5.41) is 2.97. The smallest absolute Gasteiger partial charge is 0.227 e. The van der Waals surface area contributed by atoms with Gasteiger partial charge >= 0.3 is 0 Å². The van der Waals surface area contributed by atoms with Crippen molar-refractivity contribution in [2.24, 2.45) is 4.99 Å². The maximum Gasteiger partial charge on any atom is 0.227 e. The van der Waals surface area contributed by atoms with E-state index in [2.05, 4.69) is 10.3 Å². The maximum absolute atomic E-state index is 4.87. The Balaban J connectivity index is 2.22. The second kappa shape index (κ2) is 0.586. The van der Waals surface area contributed by atoms with E-state index in [1.54, 1.807) is 0 Å². The van der Waals surface area contributed by atoms with Crippen LogP contribution < -0.4 is 5.32 Å². The van der Waals surface area contributed by atoms with Crippen LogP contribution in [0.5, 0.6) is 0 Å². The van der Waals surface area contributed by atoms with Crippen LogP contribution in [-0.4, -0.2) is 18.8 Å². The number of hydrogen-bond acceptors (Lipinski definition) is 3. The van der Waals surface area contributed by atoms with Crippen molar-refractivity contribution in [2.45, 2.75) is 6.17 Å². The third kappa shape index (κ3) is 0.155. The number of rotatable bonds is 0. The molecule has 3 nitrogen and oxygen atoms in total. The Hall–Kier alpha value is -0.570. The second-order valence-electron chi connectivity index (χ2n) is 1.36. The molecule has 2 heterocycles. The van der Waals surface area contributed by atoms with E-state index >= 15 is 0 Å². The summed E-state index contributed by atoms with van der Waals surface area (Å²) in [5.74, 6) is 0.884. The lowest BCUT2D eigenvalue weighted by Gasteiger charge is -1.84. The summed E-state index contributed by atoms with van der Waals surface area (Å²) in [6.45, 7) is 0.656. The Bertz CT molecular complexity index is 109. The molecule has 32 valence electrons. The molecule has 0 aromatic heterocycles. The first kappa shape index (κ1) is 2.58. The fourth-order valence-corrected chi connectivity index (χ4v) is 0.534. The molecule has 1 unspecified atom stereocenters. The van der Waals surface area contributed by atoms with Crippen LogP contribution in [-0.2, 0) is 4.74 Å². The zero-order valence-corrected chi connectivity index (χ0v) is 3.14. The predicted molar refractivity (Wildman–Crippen MR) is 20.3 cm³/mol. The minimum Gasteiger partial charge on any atom is -0.462 e. The molecule has 3 heteroatoms. The van der Waals surface area contributed by atoms with Crippen LogP contribution in [0.4, 0.5) is 0 Å². The molecule has 1 saturated heterocycles. The van der Waals surface area contributed by atoms with E-state index in [-0.39, 0.29) is 6.17 Å². The molecule has 2 aliphatic heterocycles. The van der Waals surface area contributed by atoms with E-state index in [4.69, 9.17) is 4.74 Å². The molecule has 0 radical (unpaired) electrons. The fourth-order valence-electron chi connectivity index (χ4n) is 0.534. The van der Waals surface area contributed by atoms with E-state index in [1.165, 1.54) is 0 Å². The van der Waals surface area contributed by atoms with Crippen molar-refractivity contribution in [1.29, 1.82) is 0 Å². The molecule has 2 aliphatic rings. The third-order valence-corrected chi connectivity index (χ3v) is 0.919. The highest BCUT2D eigenvalue weighted by Crippen LogP contribution is 2.13. The summed E-state index contributed by atoms with van der Waals surface area (Å²) in [7, 11) is 0. The molecule has 2 rings (SSSR count). The number of nitrogens with one attached hydrogen (secondary N) is 1. The topological polar surface area (TPSA) is 33.6 Å². The van der Waals surface area contributed by atoms with Crippen molar-refractivity contribution in [2.75, 3.05) is 6.73 Å². The molecule has 1 atom stereocenters. The van der Waals surface area contributed by atoms with Crippen LogP contribution in [0, 0.1) is 0 Å². The van der Waals surface area contributed by atoms with Gasteiger partial charge in [0.25, 0.3) is 0 Å². The van der Waals surface area contributed by atoms with Gasteiger partial charge in [0, 0.05) is 0 Å². The van der Waals surface area contributed by atoms with Crippen molar-refractivity contribution in [1.82, 2.24) is 5.32 Å². The number of ether oxygens (including phenoxy) is 1. The second-order valence-corrected chi connectivity index (χ2v) is 1.36. The largest absolute Gasteiger partial charge is 0.462 e. The Kier molecular flexibility index (Phi) is 0.252. The van der Waals surface area contributed by atoms with Crippen LogP contribution in [0.3, 0.4) is 0 Å². The van der Waals surface area contributed by atoms with Gasteiger partial charge in [0.05, 0.1) is 0 Å². The summed E-state index contributed by atoms with van der Waals surface area (Å²) in [6, 6.07) is 0. The van der Waals surface area contributed by atoms with Crippen molar-refractivity contribution in [3.63, 3.8) is 0 Å². The van der Waals surface area contributed by atoms with Gasteiger partial charge in [0.2, 0.25) is 5.90 Å². The van der Waals surface area contributed by atoms with Gasteiger partial charge in [0.15, 0.2) is 6.17 Å². The zero-order chi connectivity index (χ0) is 3.98. The SMILES string of the molecule is C1NC2N=C2O1. The van der Waals surface area contributed by atoms with Crippen molar-refractivity contribution < 1.29 is 4.74 Å². The summed E-state index contributed by atoms with van der Waals surface area (Å²) in [6.07, 6.45) is 0.282.